The van der Waals surface area contributed by atoms with Gasteiger partial charge in [0.25, 0.3) is 0 Å². The van der Waals surface area contributed by atoms with E-state index in [1.165, 1.54) is 5.56 Å². The molecule has 0 saturated carbocycles. The van der Waals surface area contributed by atoms with Crippen LogP contribution in [-0.4, -0.2) is 12.8 Å². The van der Waals surface area contributed by atoms with Crippen molar-refractivity contribution >= 4 is 6.29 Å². The minimum absolute atomic E-state index is 0.293. The number of nitrogens with two attached hydrogens (primary N) is 1. The Hall–Kier alpha value is -1.59. The number of rotatable bonds is 3. The van der Waals surface area contributed by atoms with Gasteiger partial charge in [-0.15, -0.1) is 0 Å². The molecule has 0 amide bonds. The summed E-state index contributed by atoms with van der Waals surface area (Å²) in [5.41, 5.74) is 7.58. The molecule has 0 aromatic heterocycles. The van der Waals surface area contributed by atoms with Gasteiger partial charge < -0.3 is 10.5 Å². The molecule has 2 heteroatoms. The highest BCUT2D eigenvalue weighted by molar-refractivity contribution is 5.55. The first-order valence-corrected chi connectivity index (χ1v) is 4.58. The second kappa shape index (κ2) is 5.95. The Morgan fingerprint density at radius 1 is 1.43 bits per heavy atom. The van der Waals surface area contributed by atoms with E-state index in [2.05, 4.69) is 11.8 Å². The summed E-state index contributed by atoms with van der Waals surface area (Å²) in [5.74, 6) is 5.69. The maximum atomic E-state index is 10.0. The molecule has 72 valence electrons. The van der Waals surface area contributed by atoms with E-state index in [1.54, 1.807) is 0 Å². The lowest BCUT2D eigenvalue weighted by Gasteiger charge is -1.98. The normalized spacial score (nSPS) is 8.93. The van der Waals surface area contributed by atoms with Gasteiger partial charge in [-0.25, -0.2) is 0 Å². The van der Waals surface area contributed by atoms with Crippen molar-refractivity contribution in [1.82, 2.24) is 0 Å². The molecule has 0 atom stereocenters. The molecule has 0 radical (unpaired) electrons. The lowest BCUT2D eigenvalue weighted by atomic mass is 10.1. The molecule has 0 aliphatic heterocycles. The quantitative estimate of drug-likeness (QED) is 0.569. The van der Waals surface area contributed by atoms with E-state index >= 15 is 0 Å². The second-order valence-corrected chi connectivity index (χ2v) is 2.91. The van der Waals surface area contributed by atoms with Crippen LogP contribution in [0.1, 0.15) is 17.5 Å². The maximum absolute atomic E-state index is 10.0. The van der Waals surface area contributed by atoms with Gasteiger partial charge in [0.2, 0.25) is 0 Å². The monoisotopic (exact) mass is 187 g/mol. The topological polar surface area (TPSA) is 43.1 Å². The van der Waals surface area contributed by atoms with Crippen LogP contribution in [0.5, 0.6) is 0 Å². The summed E-state index contributed by atoms with van der Waals surface area (Å²) >= 11 is 0. The van der Waals surface area contributed by atoms with Gasteiger partial charge >= 0.3 is 0 Å². The summed E-state index contributed by atoms with van der Waals surface area (Å²) < 4.78 is 0. The van der Waals surface area contributed by atoms with Crippen LogP contribution in [0.25, 0.3) is 0 Å². The number of hydrogen-bond acceptors (Lipinski definition) is 2. The molecular formula is C12H13NO. The molecule has 0 spiro atoms. The van der Waals surface area contributed by atoms with Crippen LogP contribution in [0.2, 0.25) is 0 Å². The van der Waals surface area contributed by atoms with Gasteiger partial charge in [0, 0.05) is 5.56 Å². The first-order valence-electron chi connectivity index (χ1n) is 4.58. The van der Waals surface area contributed by atoms with Crippen LogP contribution in [0.15, 0.2) is 24.3 Å². The zero-order valence-corrected chi connectivity index (χ0v) is 7.99. The highest BCUT2D eigenvalue weighted by atomic mass is 16.1. The van der Waals surface area contributed by atoms with Crippen molar-refractivity contribution in [3.63, 3.8) is 0 Å². The number of aldehydes is 1. The van der Waals surface area contributed by atoms with Gasteiger partial charge in [-0.2, -0.15) is 0 Å². The minimum atomic E-state index is 0.293. The second-order valence-electron chi connectivity index (χ2n) is 2.91. The molecule has 0 fully saturated rings. The zero-order valence-electron chi connectivity index (χ0n) is 7.99. The van der Waals surface area contributed by atoms with E-state index in [0.29, 0.717) is 13.0 Å². The summed E-state index contributed by atoms with van der Waals surface area (Å²) in [4.78, 5) is 10.0. The molecule has 0 aliphatic rings. The Morgan fingerprint density at radius 2 is 2.29 bits per heavy atom. The minimum Gasteiger partial charge on any atom is -0.330 e. The predicted octanol–water partition coefficient (Wildman–Crippen LogP) is 1.13. The van der Waals surface area contributed by atoms with Crippen molar-refractivity contribution in [2.75, 3.05) is 6.54 Å². The number of carbonyl (C=O) groups excluding carboxylic acids is 1. The van der Waals surface area contributed by atoms with Crippen LogP contribution in [0.4, 0.5) is 0 Å². The van der Waals surface area contributed by atoms with E-state index in [4.69, 9.17) is 5.73 Å². The third kappa shape index (κ3) is 3.42. The summed E-state index contributed by atoms with van der Waals surface area (Å²) in [5, 5.41) is 0. The van der Waals surface area contributed by atoms with Crippen LogP contribution < -0.4 is 5.73 Å². The fourth-order valence-corrected chi connectivity index (χ4v) is 1.17. The van der Waals surface area contributed by atoms with Crippen LogP contribution in [0, 0.1) is 11.8 Å². The number of benzene rings is 1. The van der Waals surface area contributed by atoms with Crippen molar-refractivity contribution in [3.05, 3.63) is 35.4 Å². The van der Waals surface area contributed by atoms with Gasteiger partial charge in [0.15, 0.2) is 0 Å². The Kier molecular flexibility index (Phi) is 4.46. The molecule has 0 heterocycles. The molecule has 0 unspecified atom stereocenters. The molecule has 2 nitrogen and oxygen atoms in total. The Bertz CT molecular complexity index is 360. The van der Waals surface area contributed by atoms with Crippen molar-refractivity contribution in [1.29, 1.82) is 0 Å². The van der Waals surface area contributed by atoms with E-state index in [1.807, 2.05) is 24.3 Å². The van der Waals surface area contributed by atoms with Crippen LogP contribution >= 0.6 is 0 Å². The Balaban J connectivity index is 2.74. The van der Waals surface area contributed by atoms with Crippen molar-refractivity contribution in [2.24, 2.45) is 5.73 Å². The lowest BCUT2D eigenvalue weighted by Crippen LogP contribution is -2.02. The van der Waals surface area contributed by atoms with Crippen molar-refractivity contribution in [2.45, 2.75) is 12.8 Å². The molecular weight excluding hydrogens is 174 g/mol. The molecule has 0 aliphatic carbocycles. The van der Waals surface area contributed by atoms with E-state index in [0.717, 1.165) is 18.3 Å². The van der Waals surface area contributed by atoms with E-state index in [-0.39, 0.29) is 0 Å². The highest BCUT2D eigenvalue weighted by Crippen LogP contribution is 2.04. The predicted molar refractivity (Wildman–Crippen MR) is 56.8 cm³/mol. The number of carbonyl (C=O) groups is 1. The molecule has 0 saturated heterocycles. The SMILES string of the molecule is NCCc1cccc(C#CCC=O)c1. The average molecular weight is 187 g/mol. The van der Waals surface area contributed by atoms with Crippen molar-refractivity contribution in [3.8, 4) is 11.8 Å². The van der Waals surface area contributed by atoms with Gasteiger partial charge in [-0.3, -0.25) is 0 Å². The molecule has 1 aromatic rings. The molecule has 1 rings (SSSR count). The Labute approximate surface area is 84.1 Å². The fourth-order valence-electron chi connectivity index (χ4n) is 1.17. The summed E-state index contributed by atoms with van der Waals surface area (Å²) in [6.45, 7) is 0.644. The maximum Gasteiger partial charge on any atom is 0.131 e. The van der Waals surface area contributed by atoms with Gasteiger partial charge in [-0.05, 0) is 30.7 Å². The van der Waals surface area contributed by atoms with Gasteiger partial charge in [0.1, 0.15) is 6.29 Å². The number of hydrogen-bond donors (Lipinski definition) is 1. The molecule has 2 N–H and O–H groups in total. The summed E-state index contributed by atoms with van der Waals surface area (Å²) in [6.07, 6.45) is 1.96. The lowest BCUT2D eigenvalue weighted by molar-refractivity contribution is -0.107. The summed E-state index contributed by atoms with van der Waals surface area (Å²) in [7, 11) is 0. The largest absolute Gasteiger partial charge is 0.330 e. The van der Waals surface area contributed by atoms with E-state index < -0.39 is 0 Å². The Morgan fingerprint density at radius 3 is 3.00 bits per heavy atom. The zero-order chi connectivity index (χ0) is 10.2. The van der Waals surface area contributed by atoms with Crippen LogP contribution in [0.3, 0.4) is 0 Å². The van der Waals surface area contributed by atoms with Crippen LogP contribution in [-0.2, 0) is 11.2 Å². The molecule has 0 bridgehead atoms. The smallest absolute Gasteiger partial charge is 0.131 e. The first-order chi connectivity index (χ1) is 6.86. The molecule has 1 aromatic carbocycles. The van der Waals surface area contributed by atoms with Gasteiger partial charge in [0.05, 0.1) is 6.42 Å². The van der Waals surface area contributed by atoms with Gasteiger partial charge in [-0.1, -0.05) is 24.0 Å². The summed E-state index contributed by atoms with van der Waals surface area (Å²) in [6, 6.07) is 7.91. The average Bonchev–Trinajstić information content (AvgIpc) is 2.19. The molecule has 14 heavy (non-hydrogen) atoms. The fraction of sp³-hybridized carbons (Fsp3) is 0.250. The van der Waals surface area contributed by atoms with Crippen molar-refractivity contribution < 1.29 is 4.79 Å². The third-order valence-corrected chi connectivity index (χ3v) is 1.78. The van der Waals surface area contributed by atoms with E-state index in [9.17, 15) is 4.79 Å². The highest BCUT2D eigenvalue weighted by Gasteiger charge is 1.91. The third-order valence-electron chi connectivity index (χ3n) is 1.78. The standard InChI is InChI=1S/C12H13NO/c13-8-7-12-6-3-5-11(10-12)4-1-2-9-14/h3,5-6,9-10H,2,7-8,13H2. The first kappa shape index (κ1) is 10.5.